The average Bonchev–Trinajstić information content (AvgIpc) is 2.61. The fraction of sp³-hybridized carbons (Fsp3) is 0.786. The van der Waals surface area contributed by atoms with Gasteiger partial charge in [-0.3, -0.25) is 0 Å². The van der Waals surface area contributed by atoms with E-state index in [1.807, 2.05) is 0 Å². The average molecular weight is 375 g/mol. The Bertz CT molecular complexity index is 686. The first-order valence-corrected chi connectivity index (χ1v) is 12.6. The Labute approximate surface area is 171 Å². The zero-order valence-electron chi connectivity index (χ0n) is 18.1. The van der Waals surface area contributed by atoms with Crippen LogP contribution in [0.2, 0.25) is 0 Å². The van der Waals surface area contributed by atoms with Crippen LogP contribution in [0.1, 0.15) is 99.3 Å². The highest BCUT2D eigenvalue weighted by Crippen LogP contribution is 2.63. The van der Waals surface area contributed by atoms with Crippen LogP contribution >= 0.6 is 0 Å². The second-order valence-corrected chi connectivity index (χ2v) is 12.9. The zero-order valence-corrected chi connectivity index (χ0v) is 18.1. The molecule has 0 aromatic heterocycles. The molecular formula is C28H38. The number of hydrogen-bond donors (Lipinski definition) is 0. The molecule has 28 heavy (non-hydrogen) atoms. The molecule has 0 unspecified atom stereocenters. The van der Waals surface area contributed by atoms with E-state index in [1.54, 1.807) is 60.8 Å². The first-order valence-electron chi connectivity index (χ1n) is 12.6. The summed E-state index contributed by atoms with van der Waals surface area (Å²) in [5.41, 5.74) is 8.03. The molecule has 8 aliphatic carbocycles. The van der Waals surface area contributed by atoms with E-state index in [0.29, 0.717) is 10.8 Å². The van der Waals surface area contributed by atoms with E-state index in [9.17, 15) is 0 Å². The van der Waals surface area contributed by atoms with E-state index in [4.69, 9.17) is 0 Å². The predicted octanol–water partition coefficient (Wildman–Crippen LogP) is 7.24. The molecule has 0 N–H and O–H groups in total. The van der Waals surface area contributed by atoms with Gasteiger partial charge in [0.15, 0.2) is 0 Å². The van der Waals surface area contributed by atoms with Gasteiger partial charge in [-0.15, -0.1) is 0 Å². The van der Waals surface area contributed by atoms with Gasteiger partial charge in [0.05, 0.1) is 0 Å². The van der Waals surface area contributed by atoms with Crippen LogP contribution in [-0.4, -0.2) is 0 Å². The largest absolute Gasteiger partial charge is 0.0550 e. The molecule has 1 aromatic carbocycles. The molecule has 0 saturated heterocycles. The summed E-state index contributed by atoms with van der Waals surface area (Å²) in [5, 5.41) is 0. The summed E-state index contributed by atoms with van der Waals surface area (Å²) < 4.78 is 0. The highest BCUT2D eigenvalue weighted by Gasteiger charge is 2.54. The van der Waals surface area contributed by atoms with Crippen molar-refractivity contribution in [1.29, 1.82) is 0 Å². The second kappa shape index (κ2) is 5.47. The lowest BCUT2D eigenvalue weighted by Gasteiger charge is -2.58. The number of rotatable bonds is 2. The molecule has 0 spiro atoms. The van der Waals surface area contributed by atoms with Crippen LogP contribution in [-0.2, 0) is 10.8 Å². The van der Waals surface area contributed by atoms with Crippen molar-refractivity contribution in [3.8, 4) is 0 Å². The standard InChI is InChI=1S/C28H38/c1-17-3-26(28-14-22-8-23(15-28)10-24(9-22)16-28)18(2)4-25(17)27-11-19-5-20(12-27)7-21(6-19)13-27/h3-4,19-24H,5-16H2,1-2H3. The summed E-state index contributed by atoms with van der Waals surface area (Å²) in [5.74, 6) is 6.30. The number of hydrogen-bond acceptors (Lipinski definition) is 0. The van der Waals surface area contributed by atoms with Crippen molar-refractivity contribution >= 4 is 0 Å². The van der Waals surface area contributed by atoms with Crippen molar-refractivity contribution < 1.29 is 0 Å². The molecular weight excluding hydrogens is 336 g/mol. The lowest BCUT2D eigenvalue weighted by Crippen LogP contribution is -2.50. The molecule has 0 heterocycles. The van der Waals surface area contributed by atoms with Crippen LogP contribution in [0.25, 0.3) is 0 Å². The van der Waals surface area contributed by atoms with E-state index in [1.165, 1.54) is 38.5 Å². The quantitative estimate of drug-likeness (QED) is 0.512. The van der Waals surface area contributed by atoms with Gasteiger partial charge in [-0.05, 0) is 159 Å². The molecule has 0 radical (unpaired) electrons. The van der Waals surface area contributed by atoms with Crippen LogP contribution in [0.3, 0.4) is 0 Å². The van der Waals surface area contributed by atoms with Crippen molar-refractivity contribution in [2.24, 2.45) is 35.5 Å². The topological polar surface area (TPSA) is 0 Å². The summed E-state index contributed by atoms with van der Waals surface area (Å²) in [6, 6.07) is 5.47. The normalized spacial score (nSPS) is 50.5. The molecule has 150 valence electrons. The number of aryl methyl sites for hydroxylation is 2. The molecule has 0 aliphatic heterocycles. The lowest BCUT2D eigenvalue weighted by atomic mass is 9.46. The summed E-state index contributed by atoms with van der Waals surface area (Å²) >= 11 is 0. The SMILES string of the molecule is Cc1cc(C23CC4CC(CC(C4)C2)C3)c(C)cc1C12CC3CC(CC(C3)C1)C2. The van der Waals surface area contributed by atoms with Crippen LogP contribution < -0.4 is 0 Å². The molecule has 0 nitrogen and oxygen atoms in total. The Morgan fingerprint density at radius 1 is 0.500 bits per heavy atom. The van der Waals surface area contributed by atoms with Crippen LogP contribution in [0, 0.1) is 49.4 Å². The summed E-state index contributed by atoms with van der Waals surface area (Å²) in [6.45, 7) is 4.97. The van der Waals surface area contributed by atoms with E-state index in [-0.39, 0.29) is 0 Å². The van der Waals surface area contributed by atoms with Crippen molar-refractivity contribution in [2.75, 3.05) is 0 Å². The number of benzene rings is 1. The van der Waals surface area contributed by atoms with Crippen molar-refractivity contribution in [3.63, 3.8) is 0 Å². The molecule has 9 rings (SSSR count). The third-order valence-corrected chi connectivity index (χ3v) is 10.8. The molecule has 0 atom stereocenters. The monoisotopic (exact) mass is 374 g/mol. The predicted molar refractivity (Wildman–Crippen MR) is 116 cm³/mol. The van der Waals surface area contributed by atoms with Gasteiger partial charge in [-0.2, -0.15) is 0 Å². The zero-order chi connectivity index (χ0) is 18.7. The smallest absolute Gasteiger partial charge is 0.00363 e. The van der Waals surface area contributed by atoms with Gasteiger partial charge in [0.1, 0.15) is 0 Å². The fourth-order valence-electron chi connectivity index (χ4n) is 10.8. The third-order valence-electron chi connectivity index (χ3n) is 10.8. The minimum absolute atomic E-state index is 0.559. The molecule has 8 aliphatic rings. The third kappa shape index (κ3) is 2.24. The maximum atomic E-state index is 2.73. The van der Waals surface area contributed by atoms with E-state index < -0.39 is 0 Å². The minimum atomic E-state index is 0.559. The molecule has 0 amide bonds. The Kier molecular flexibility index (Phi) is 3.31. The minimum Gasteiger partial charge on any atom is -0.0550 e. The highest BCUT2D eigenvalue weighted by atomic mass is 14.6. The maximum Gasteiger partial charge on any atom is -0.00363 e. The molecule has 0 heteroatoms. The van der Waals surface area contributed by atoms with Crippen LogP contribution in [0.15, 0.2) is 12.1 Å². The van der Waals surface area contributed by atoms with Gasteiger partial charge >= 0.3 is 0 Å². The highest BCUT2D eigenvalue weighted by molar-refractivity contribution is 5.46. The summed E-state index contributed by atoms with van der Waals surface area (Å²) in [4.78, 5) is 0. The Morgan fingerprint density at radius 2 is 0.750 bits per heavy atom. The van der Waals surface area contributed by atoms with Gasteiger partial charge in [0.25, 0.3) is 0 Å². The summed E-state index contributed by atoms with van der Waals surface area (Å²) in [7, 11) is 0. The van der Waals surface area contributed by atoms with Gasteiger partial charge in [-0.25, -0.2) is 0 Å². The van der Waals surface area contributed by atoms with Crippen molar-refractivity contribution in [1.82, 2.24) is 0 Å². The first-order chi connectivity index (χ1) is 13.5. The first kappa shape index (κ1) is 17.0. The van der Waals surface area contributed by atoms with Crippen molar-refractivity contribution in [2.45, 2.75) is 102 Å². The molecule has 1 aromatic rings. The lowest BCUT2D eigenvalue weighted by molar-refractivity contribution is -0.00737. The Balaban J connectivity index is 1.30. The fourth-order valence-corrected chi connectivity index (χ4v) is 10.8. The molecule has 8 saturated carbocycles. The van der Waals surface area contributed by atoms with E-state index >= 15 is 0 Å². The van der Waals surface area contributed by atoms with Gasteiger partial charge in [0, 0.05) is 0 Å². The second-order valence-electron chi connectivity index (χ2n) is 12.9. The Hall–Kier alpha value is -0.780. The molecule has 8 bridgehead atoms. The Morgan fingerprint density at radius 3 is 1.00 bits per heavy atom. The summed E-state index contributed by atoms with van der Waals surface area (Å²) in [6.07, 6.45) is 18.4. The van der Waals surface area contributed by atoms with Crippen LogP contribution in [0.5, 0.6) is 0 Å². The maximum absolute atomic E-state index is 2.73. The van der Waals surface area contributed by atoms with Crippen LogP contribution in [0.4, 0.5) is 0 Å². The molecule has 8 fully saturated rings. The van der Waals surface area contributed by atoms with Crippen molar-refractivity contribution in [3.05, 3.63) is 34.4 Å². The van der Waals surface area contributed by atoms with E-state index in [2.05, 4.69) is 26.0 Å². The van der Waals surface area contributed by atoms with Gasteiger partial charge in [-0.1, -0.05) is 12.1 Å². The van der Waals surface area contributed by atoms with Gasteiger partial charge < -0.3 is 0 Å². The van der Waals surface area contributed by atoms with E-state index in [0.717, 1.165) is 35.5 Å². The van der Waals surface area contributed by atoms with Gasteiger partial charge in [0.2, 0.25) is 0 Å².